The van der Waals surface area contributed by atoms with Gasteiger partial charge in [0.15, 0.2) is 5.82 Å². The molecule has 168 valence electrons. The predicted octanol–water partition coefficient (Wildman–Crippen LogP) is 3.63. The zero-order valence-corrected chi connectivity index (χ0v) is 18.9. The Morgan fingerprint density at radius 3 is 2.55 bits per heavy atom. The van der Waals surface area contributed by atoms with Crippen LogP contribution in [0, 0.1) is 6.92 Å². The first-order valence-electron chi connectivity index (χ1n) is 10.6. The van der Waals surface area contributed by atoms with E-state index < -0.39 is 0 Å². The molecule has 2 atom stereocenters. The number of nitrogens with one attached hydrogen (secondary N) is 1. The number of carbonyl (C=O) groups excluding carboxylic acids is 1. The molecule has 2 heterocycles. The van der Waals surface area contributed by atoms with Crippen LogP contribution >= 0.6 is 0 Å². The Morgan fingerprint density at radius 1 is 1.06 bits per heavy atom. The van der Waals surface area contributed by atoms with E-state index in [9.17, 15) is 4.79 Å². The molecule has 2 aromatic carbocycles. The fourth-order valence-electron chi connectivity index (χ4n) is 3.43. The summed E-state index contributed by atoms with van der Waals surface area (Å²) in [7, 11) is 1.60. The van der Waals surface area contributed by atoms with Gasteiger partial charge in [-0.15, -0.1) is 5.10 Å². The normalized spacial score (nSPS) is 12.8. The molecule has 0 radical (unpaired) electrons. The third-order valence-corrected chi connectivity index (χ3v) is 5.42. The molecule has 4 aromatic rings. The van der Waals surface area contributed by atoms with Crippen molar-refractivity contribution in [1.82, 2.24) is 35.5 Å². The smallest absolute Gasteiger partial charge is 0.251 e. The van der Waals surface area contributed by atoms with E-state index in [4.69, 9.17) is 4.74 Å². The van der Waals surface area contributed by atoms with Crippen LogP contribution in [0.3, 0.4) is 0 Å². The topological polar surface area (TPSA) is 108 Å². The maximum atomic E-state index is 13.2. The van der Waals surface area contributed by atoms with Gasteiger partial charge in [0, 0.05) is 18.9 Å². The lowest BCUT2D eigenvalue weighted by molar-refractivity contribution is 0.0939. The maximum Gasteiger partial charge on any atom is 0.251 e. The molecule has 1 N–H and O–H groups in total. The van der Waals surface area contributed by atoms with Crippen LogP contribution in [0.4, 0.5) is 0 Å². The fourth-order valence-corrected chi connectivity index (χ4v) is 3.43. The molecule has 9 nitrogen and oxygen atoms in total. The molecule has 0 aliphatic heterocycles. The molecule has 1 amide bonds. The van der Waals surface area contributed by atoms with Gasteiger partial charge in [-0.1, -0.05) is 29.8 Å². The summed E-state index contributed by atoms with van der Waals surface area (Å²) in [6.07, 6.45) is 2.79. The Bertz CT molecular complexity index is 1240. The van der Waals surface area contributed by atoms with Gasteiger partial charge in [0.2, 0.25) is 0 Å². The van der Waals surface area contributed by atoms with Crippen LogP contribution in [0.5, 0.6) is 0 Å². The number of aryl methyl sites for hydroxylation is 1. The van der Waals surface area contributed by atoms with Crippen LogP contribution in [0.2, 0.25) is 0 Å². The fraction of sp³-hybridized carbons (Fsp3) is 0.250. The summed E-state index contributed by atoms with van der Waals surface area (Å²) in [5.74, 6) is 0.310. The molecule has 9 heteroatoms. The minimum Gasteiger partial charge on any atom is -0.374 e. The first-order chi connectivity index (χ1) is 16.0. The molecule has 0 fully saturated rings. The van der Waals surface area contributed by atoms with E-state index in [2.05, 4.69) is 30.8 Å². The summed E-state index contributed by atoms with van der Waals surface area (Å²) in [5, 5.41) is 15.1. The van der Waals surface area contributed by atoms with Crippen molar-refractivity contribution in [3.8, 4) is 16.8 Å². The molecule has 0 spiro atoms. The minimum atomic E-state index is -0.321. The highest BCUT2D eigenvalue weighted by Gasteiger charge is 2.19. The van der Waals surface area contributed by atoms with Crippen molar-refractivity contribution in [1.29, 1.82) is 0 Å². The van der Waals surface area contributed by atoms with E-state index in [0.29, 0.717) is 17.1 Å². The minimum absolute atomic E-state index is 0.231. The van der Waals surface area contributed by atoms with Crippen molar-refractivity contribution < 1.29 is 9.53 Å². The number of carbonyl (C=O) groups is 1. The van der Waals surface area contributed by atoms with Crippen LogP contribution in [0.15, 0.2) is 61.1 Å². The molecule has 33 heavy (non-hydrogen) atoms. The van der Waals surface area contributed by atoms with E-state index in [1.165, 1.54) is 6.33 Å². The first kappa shape index (κ1) is 22.2. The number of methoxy groups -OCH3 is 1. The molecule has 0 saturated heterocycles. The molecular formula is C24H25N7O2. The van der Waals surface area contributed by atoms with Gasteiger partial charge in [-0.05, 0) is 66.6 Å². The lowest BCUT2D eigenvalue weighted by atomic mass is 10.0. The van der Waals surface area contributed by atoms with Gasteiger partial charge in [0.05, 0.1) is 17.4 Å². The van der Waals surface area contributed by atoms with Gasteiger partial charge < -0.3 is 10.1 Å². The molecule has 2 aromatic heterocycles. The maximum absolute atomic E-state index is 13.2. The Morgan fingerprint density at radius 2 is 1.85 bits per heavy atom. The van der Waals surface area contributed by atoms with E-state index in [1.807, 2.05) is 57.2 Å². The van der Waals surface area contributed by atoms with Crippen molar-refractivity contribution in [2.75, 3.05) is 7.11 Å². The Labute approximate surface area is 191 Å². The largest absolute Gasteiger partial charge is 0.374 e. The van der Waals surface area contributed by atoms with Gasteiger partial charge in [-0.3, -0.25) is 4.79 Å². The SMILES string of the molecule is COC(C)c1nnnn1-c1cc(C(=O)NC(C)c2ccncn2)cc(-c2ccc(C)cc2)c1. The molecule has 0 saturated carbocycles. The van der Waals surface area contributed by atoms with E-state index in [1.54, 1.807) is 30.1 Å². The number of nitrogens with zero attached hydrogens (tertiary/aromatic N) is 6. The molecule has 0 bridgehead atoms. The van der Waals surface area contributed by atoms with E-state index in [0.717, 1.165) is 22.4 Å². The van der Waals surface area contributed by atoms with Crippen molar-refractivity contribution in [3.63, 3.8) is 0 Å². The van der Waals surface area contributed by atoms with Gasteiger partial charge in [0.25, 0.3) is 5.91 Å². The summed E-state index contributed by atoms with van der Waals surface area (Å²) < 4.78 is 7.00. The number of hydrogen-bond donors (Lipinski definition) is 1. The van der Waals surface area contributed by atoms with E-state index >= 15 is 0 Å². The van der Waals surface area contributed by atoms with Crippen LogP contribution < -0.4 is 5.32 Å². The highest BCUT2D eigenvalue weighted by atomic mass is 16.5. The first-order valence-corrected chi connectivity index (χ1v) is 10.6. The van der Waals surface area contributed by atoms with Crippen molar-refractivity contribution in [2.24, 2.45) is 0 Å². The zero-order valence-electron chi connectivity index (χ0n) is 18.9. The number of tetrazole rings is 1. The molecular weight excluding hydrogens is 418 g/mol. The van der Waals surface area contributed by atoms with Crippen LogP contribution in [-0.4, -0.2) is 43.2 Å². The van der Waals surface area contributed by atoms with Crippen LogP contribution in [0.25, 0.3) is 16.8 Å². The van der Waals surface area contributed by atoms with Crippen molar-refractivity contribution in [3.05, 3.63) is 83.7 Å². The summed E-state index contributed by atoms with van der Waals surface area (Å²) in [5.41, 5.74) is 4.88. The Balaban J connectivity index is 1.75. The Hall–Kier alpha value is -3.98. The van der Waals surface area contributed by atoms with Crippen LogP contribution in [0.1, 0.15) is 53.4 Å². The number of benzene rings is 2. The highest BCUT2D eigenvalue weighted by Crippen LogP contribution is 2.26. The van der Waals surface area contributed by atoms with Gasteiger partial charge in [-0.2, -0.15) is 4.68 Å². The number of ether oxygens (including phenoxy) is 1. The van der Waals surface area contributed by atoms with Gasteiger partial charge in [0.1, 0.15) is 12.4 Å². The number of amides is 1. The van der Waals surface area contributed by atoms with Crippen molar-refractivity contribution in [2.45, 2.75) is 32.9 Å². The van der Waals surface area contributed by atoms with Crippen LogP contribution in [-0.2, 0) is 4.74 Å². The number of rotatable bonds is 7. The number of aromatic nitrogens is 6. The monoisotopic (exact) mass is 443 g/mol. The molecule has 0 aliphatic rings. The second kappa shape index (κ2) is 9.66. The van der Waals surface area contributed by atoms with Crippen molar-refractivity contribution >= 4 is 5.91 Å². The number of hydrogen-bond acceptors (Lipinski definition) is 7. The van der Waals surface area contributed by atoms with Gasteiger partial charge >= 0.3 is 0 Å². The second-order valence-corrected chi connectivity index (χ2v) is 7.79. The summed E-state index contributed by atoms with van der Waals surface area (Å²) in [6, 6.07) is 15.2. The van der Waals surface area contributed by atoms with E-state index in [-0.39, 0.29) is 18.1 Å². The standard InChI is InChI=1S/C24H25N7O2/c1-15-5-7-18(8-6-15)19-11-20(24(32)27-16(2)22-9-10-25-14-26-22)13-21(12-19)31-23(17(3)33-4)28-29-30-31/h5-14,16-17H,1-4H3,(H,27,32). The highest BCUT2D eigenvalue weighted by molar-refractivity contribution is 5.96. The molecule has 0 aliphatic carbocycles. The Kier molecular flexibility index (Phi) is 6.50. The zero-order chi connectivity index (χ0) is 23.4. The summed E-state index contributed by atoms with van der Waals surface area (Å²) >= 11 is 0. The summed E-state index contributed by atoms with van der Waals surface area (Å²) in [6.45, 7) is 5.78. The third kappa shape index (κ3) is 4.93. The average molecular weight is 444 g/mol. The van der Waals surface area contributed by atoms with Gasteiger partial charge in [-0.25, -0.2) is 9.97 Å². The summed E-state index contributed by atoms with van der Waals surface area (Å²) in [4.78, 5) is 21.4. The second-order valence-electron chi connectivity index (χ2n) is 7.79. The molecule has 2 unspecified atom stereocenters. The third-order valence-electron chi connectivity index (χ3n) is 5.42. The quantitative estimate of drug-likeness (QED) is 0.465. The predicted molar refractivity (Wildman–Crippen MR) is 123 cm³/mol. The lowest BCUT2D eigenvalue weighted by Gasteiger charge is -2.16. The lowest BCUT2D eigenvalue weighted by Crippen LogP contribution is -2.27. The average Bonchev–Trinajstić information content (AvgIpc) is 3.34. The molecule has 4 rings (SSSR count).